The molecule has 0 aliphatic rings. The Morgan fingerprint density at radius 2 is 2.25 bits per heavy atom. The molecule has 0 fully saturated rings. The third-order valence-electron chi connectivity index (χ3n) is 2.77. The molecule has 0 aromatic carbocycles. The lowest BCUT2D eigenvalue weighted by Crippen LogP contribution is -2.28. The Labute approximate surface area is 117 Å². The second-order valence-corrected chi connectivity index (χ2v) is 4.52. The van der Waals surface area contributed by atoms with Crippen LogP contribution >= 0.6 is 0 Å². The first-order valence-corrected chi connectivity index (χ1v) is 6.65. The van der Waals surface area contributed by atoms with Gasteiger partial charge in [-0.25, -0.2) is 9.97 Å². The largest absolute Gasteiger partial charge is 0.481 e. The second kappa shape index (κ2) is 6.95. The normalized spacial score (nSPS) is 12.3. The first kappa shape index (κ1) is 14.4. The highest BCUT2D eigenvalue weighted by molar-refractivity contribution is 5.49. The van der Waals surface area contributed by atoms with Crippen molar-refractivity contribution in [2.24, 2.45) is 0 Å². The molecule has 0 spiro atoms. The van der Waals surface area contributed by atoms with E-state index in [0.717, 1.165) is 13.0 Å². The smallest absolute Gasteiger partial charge is 0.228 e. The predicted molar refractivity (Wildman–Crippen MR) is 73.3 cm³/mol. The van der Waals surface area contributed by atoms with Gasteiger partial charge in [-0.3, -0.25) is 0 Å². The fraction of sp³-hybridized carbons (Fsp3) is 0.538. The van der Waals surface area contributed by atoms with E-state index in [4.69, 9.17) is 9.26 Å². The molecule has 2 aromatic heterocycles. The summed E-state index contributed by atoms with van der Waals surface area (Å²) in [5.74, 6) is 1.51. The van der Waals surface area contributed by atoms with E-state index in [2.05, 4.69) is 39.3 Å². The predicted octanol–water partition coefficient (Wildman–Crippen LogP) is 1.47. The molecule has 1 atom stereocenters. The number of rotatable bonds is 7. The van der Waals surface area contributed by atoms with Gasteiger partial charge in [0.2, 0.25) is 17.6 Å². The average molecular weight is 277 g/mol. The van der Waals surface area contributed by atoms with Crippen molar-refractivity contribution in [1.29, 1.82) is 0 Å². The van der Waals surface area contributed by atoms with E-state index in [0.29, 0.717) is 35.8 Å². The van der Waals surface area contributed by atoms with Crippen LogP contribution in [0.5, 0.6) is 5.88 Å². The Kier molecular flexibility index (Phi) is 5.00. The Morgan fingerprint density at radius 1 is 1.40 bits per heavy atom. The van der Waals surface area contributed by atoms with Crippen LogP contribution in [0.15, 0.2) is 16.9 Å². The summed E-state index contributed by atoms with van der Waals surface area (Å²) in [7, 11) is 1.55. The van der Waals surface area contributed by atoms with Crippen molar-refractivity contribution in [2.75, 3.05) is 13.7 Å². The molecule has 0 aliphatic carbocycles. The summed E-state index contributed by atoms with van der Waals surface area (Å²) in [6.45, 7) is 5.20. The minimum Gasteiger partial charge on any atom is -0.481 e. The van der Waals surface area contributed by atoms with Crippen molar-refractivity contribution in [2.45, 2.75) is 32.7 Å². The van der Waals surface area contributed by atoms with Crippen molar-refractivity contribution in [3.8, 4) is 17.4 Å². The van der Waals surface area contributed by atoms with Gasteiger partial charge in [-0.05, 0) is 19.9 Å². The fourth-order valence-corrected chi connectivity index (χ4v) is 1.74. The Hall–Kier alpha value is -2.02. The van der Waals surface area contributed by atoms with E-state index in [1.54, 1.807) is 13.2 Å². The average Bonchev–Trinajstić information content (AvgIpc) is 2.93. The van der Waals surface area contributed by atoms with Crippen LogP contribution in [-0.4, -0.2) is 39.8 Å². The van der Waals surface area contributed by atoms with Crippen LogP contribution in [0.3, 0.4) is 0 Å². The maximum Gasteiger partial charge on any atom is 0.228 e. The van der Waals surface area contributed by atoms with Crippen LogP contribution in [-0.2, 0) is 6.42 Å². The summed E-state index contributed by atoms with van der Waals surface area (Å²) < 4.78 is 10.3. The molecule has 0 bridgehead atoms. The Balaban J connectivity index is 2.04. The summed E-state index contributed by atoms with van der Waals surface area (Å²) in [6, 6.07) is 1.97. The summed E-state index contributed by atoms with van der Waals surface area (Å²) >= 11 is 0. The molecule has 2 heterocycles. The molecule has 1 N–H and O–H groups in total. The summed E-state index contributed by atoms with van der Waals surface area (Å²) in [6.07, 6.45) is 3.20. The van der Waals surface area contributed by atoms with E-state index < -0.39 is 0 Å². The highest BCUT2D eigenvalue weighted by Gasteiger charge is 2.13. The highest BCUT2D eigenvalue weighted by atomic mass is 16.5. The minimum atomic E-state index is 0.295. The van der Waals surface area contributed by atoms with Gasteiger partial charge >= 0.3 is 0 Å². The number of hydrogen-bond acceptors (Lipinski definition) is 7. The molecule has 20 heavy (non-hydrogen) atoms. The quantitative estimate of drug-likeness (QED) is 0.820. The molecule has 7 nitrogen and oxygen atoms in total. The third kappa shape index (κ3) is 3.74. The van der Waals surface area contributed by atoms with Crippen LogP contribution < -0.4 is 10.1 Å². The minimum absolute atomic E-state index is 0.295. The van der Waals surface area contributed by atoms with Gasteiger partial charge in [0.05, 0.1) is 7.11 Å². The van der Waals surface area contributed by atoms with E-state index in [1.807, 2.05) is 0 Å². The monoisotopic (exact) mass is 277 g/mol. The Morgan fingerprint density at radius 3 is 3.00 bits per heavy atom. The van der Waals surface area contributed by atoms with Crippen LogP contribution in [0.1, 0.15) is 26.2 Å². The summed E-state index contributed by atoms with van der Waals surface area (Å²) in [5.41, 5.74) is 0.584. The van der Waals surface area contributed by atoms with Gasteiger partial charge in [0, 0.05) is 18.5 Å². The van der Waals surface area contributed by atoms with Gasteiger partial charge in [-0.1, -0.05) is 12.1 Å². The molecule has 0 amide bonds. The van der Waals surface area contributed by atoms with Gasteiger partial charge in [0.1, 0.15) is 12.0 Å². The molecule has 0 saturated heterocycles. The van der Waals surface area contributed by atoms with E-state index in [-0.39, 0.29) is 0 Å². The number of nitrogens with one attached hydrogen (secondary N) is 1. The second-order valence-electron chi connectivity index (χ2n) is 4.52. The molecule has 7 heteroatoms. The van der Waals surface area contributed by atoms with Crippen LogP contribution in [0.2, 0.25) is 0 Å². The van der Waals surface area contributed by atoms with Crippen molar-refractivity contribution < 1.29 is 9.26 Å². The highest BCUT2D eigenvalue weighted by Crippen LogP contribution is 2.16. The number of nitrogens with zero attached hydrogens (tertiary/aromatic N) is 4. The zero-order chi connectivity index (χ0) is 14.4. The molecule has 0 radical (unpaired) electrons. The standard InChI is InChI=1S/C13H19N5O2/c1-4-5-14-9(2)6-12-17-13(18-20-12)10-7-11(19-3)16-8-15-10/h7-9,14H,4-6H2,1-3H3. The first-order valence-electron chi connectivity index (χ1n) is 6.65. The molecule has 108 valence electrons. The van der Waals surface area contributed by atoms with Crippen LogP contribution in [0.4, 0.5) is 0 Å². The van der Waals surface area contributed by atoms with Gasteiger partial charge in [0.15, 0.2) is 0 Å². The first-order chi connectivity index (χ1) is 9.72. The SMILES string of the molecule is CCCNC(C)Cc1nc(-c2cc(OC)ncn2)no1. The maximum absolute atomic E-state index is 5.24. The van der Waals surface area contributed by atoms with E-state index >= 15 is 0 Å². The lowest BCUT2D eigenvalue weighted by atomic mass is 10.2. The number of ether oxygens (including phenoxy) is 1. The number of hydrogen-bond donors (Lipinski definition) is 1. The molecule has 1 unspecified atom stereocenters. The van der Waals surface area contributed by atoms with Crippen molar-refractivity contribution in [1.82, 2.24) is 25.4 Å². The maximum atomic E-state index is 5.24. The lowest BCUT2D eigenvalue weighted by Gasteiger charge is -2.09. The molecular weight excluding hydrogens is 258 g/mol. The molecule has 0 aliphatic heterocycles. The summed E-state index contributed by atoms with van der Waals surface area (Å²) in [4.78, 5) is 12.4. The number of aromatic nitrogens is 4. The molecule has 0 saturated carbocycles. The number of methoxy groups -OCH3 is 1. The van der Waals surface area contributed by atoms with Crippen molar-refractivity contribution >= 4 is 0 Å². The topological polar surface area (TPSA) is 86.0 Å². The zero-order valence-electron chi connectivity index (χ0n) is 12.0. The van der Waals surface area contributed by atoms with Crippen LogP contribution in [0.25, 0.3) is 11.5 Å². The third-order valence-corrected chi connectivity index (χ3v) is 2.77. The molecule has 2 aromatic rings. The van der Waals surface area contributed by atoms with Gasteiger partial charge in [0.25, 0.3) is 0 Å². The molecular formula is C13H19N5O2. The van der Waals surface area contributed by atoms with Gasteiger partial charge in [-0.2, -0.15) is 4.98 Å². The Bertz CT molecular complexity index is 543. The summed E-state index contributed by atoms with van der Waals surface area (Å²) in [5, 5.41) is 7.31. The molecule has 2 rings (SSSR count). The fourth-order valence-electron chi connectivity index (χ4n) is 1.74. The lowest BCUT2D eigenvalue weighted by molar-refractivity contribution is 0.361. The zero-order valence-corrected chi connectivity index (χ0v) is 12.0. The van der Waals surface area contributed by atoms with Gasteiger partial charge < -0.3 is 14.6 Å². The van der Waals surface area contributed by atoms with Crippen molar-refractivity contribution in [3.05, 3.63) is 18.3 Å². The van der Waals surface area contributed by atoms with E-state index in [9.17, 15) is 0 Å². The van der Waals surface area contributed by atoms with E-state index in [1.165, 1.54) is 6.33 Å². The van der Waals surface area contributed by atoms with Crippen LogP contribution in [0, 0.1) is 0 Å². The van der Waals surface area contributed by atoms with Crippen molar-refractivity contribution in [3.63, 3.8) is 0 Å². The van der Waals surface area contributed by atoms with Gasteiger partial charge in [-0.15, -0.1) is 0 Å².